The van der Waals surface area contributed by atoms with Crippen LogP contribution in [0, 0.1) is 6.92 Å². The summed E-state index contributed by atoms with van der Waals surface area (Å²) in [4.78, 5) is 25.0. The molecular formula is C26H22Br2ClNO4. The molecule has 3 rings (SSSR count). The largest absolute Gasteiger partial charge is 0.488 e. The van der Waals surface area contributed by atoms with E-state index in [2.05, 4.69) is 37.2 Å². The zero-order valence-electron chi connectivity index (χ0n) is 18.5. The summed E-state index contributed by atoms with van der Waals surface area (Å²) in [5.74, 6) is -0.312. The van der Waals surface area contributed by atoms with Gasteiger partial charge in [0.2, 0.25) is 5.91 Å². The van der Waals surface area contributed by atoms with Crippen molar-refractivity contribution in [2.75, 3.05) is 11.9 Å². The van der Waals surface area contributed by atoms with E-state index in [1.54, 1.807) is 31.2 Å². The molecule has 0 aliphatic rings. The number of hydrogen-bond acceptors (Lipinski definition) is 4. The Bertz CT molecular complexity index is 1240. The van der Waals surface area contributed by atoms with Gasteiger partial charge in [0.15, 0.2) is 0 Å². The van der Waals surface area contributed by atoms with Crippen molar-refractivity contribution in [3.8, 4) is 5.75 Å². The van der Waals surface area contributed by atoms with Crippen molar-refractivity contribution in [2.45, 2.75) is 20.5 Å². The van der Waals surface area contributed by atoms with E-state index in [-0.39, 0.29) is 18.8 Å². The lowest BCUT2D eigenvalue weighted by Crippen LogP contribution is -2.14. The molecular weight excluding hydrogens is 586 g/mol. The molecule has 0 aromatic heterocycles. The fourth-order valence-electron chi connectivity index (χ4n) is 3.05. The Morgan fingerprint density at radius 1 is 1.09 bits per heavy atom. The molecule has 0 saturated heterocycles. The molecule has 176 valence electrons. The third-order valence-corrected chi connectivity index (χ3v) is 6.50. The highest BCUT2D eigenvalue weighted by molar-refractivity contribution is 9.10. The Morgan fingerprint density at radius 3 is 2.59 bits per heavy atom. The summed E-state index contributed by atoms with van der Waals surface area (Å²) in [7, 11) is 0. The molecule has 0 atom stereocenters. The van der Waals surface area contributed by atoms with Crippen LogP contribution in [-0.4, -0.2) is 18.5 Å². The second kappa shape index (κ2) is 12.2. The molecule has 3 aromatic rings. The maximum absolute atomic E-state index is 12.7. The van der Waals surface area contributed by atoms with E-state index in [4.69, 9.17) is 21.1 Å². The molecule has 0 saturated carbocycles. The number of nitrogens with one attached hydrogen (secondary N) is 1. The van der Waals surface area contributed by atoms with Crippen LogP contribution in [0.25, 0.3) is 6.08 Å². The summed E-state index contributed by atoms with van der Waals surface area (Å²) < 4.78 is 12.7. The van der Waals surface area contributed by atoms with Crippen LogP contribution >= 0.6 is 43.5 Å². The Balaban J connectivity index is 1.79. The average Bonchev–Trinajstić information content (AvgIpc) is 2.80. The second-order valence-electron chi connectivity index (χ2n) is 7.25. The fraction of sp³-hybridized carbons (Fsp3) is 0.154. The van der Waals surface area contributed by atoms with E-state index >= 15 is 0 Å². The number of hydrogen-bond donors (Lipinski definition) is 1. The molecule has 1 amide bonds. The lowest BCUT2D eigenvalue weighted by molar-refractivity contribution is -0.111. The first kappa shape index (κ1) is 26.0. The van der Waals surface area contributed by atoms with Crippen LogP contribution in [-0.2, 0) is 16.1 Å². The molecule has 0 unspecified atom stereocenters. The minimum Gasteiger partial charge on any atom is -0.488 e. The van der Waals surface area contributed by atoms with E-state index < -0.39 is 11.9 Å². The number of ether oxygens (including phenoxy) is 2. The van der Waals surface area contributed by atoms with Gasteiger partial charge in [0, 0.05) is 31.2 Å². The highest BCUT2D eigenvalue weighted by Crippen LogP contribution is 2.28. The summed E-state index contributed by atoms with van der Waals surface area (Å²) >= 11 is 13.1. The number of halogens is 3. The molecule has 0 bridgehead atoms. The van der Waals surface area contributed by atoms with Gasteiger partial charge in [0.25, 0.3) is 0 Å². The first-order valence-corrected chi connectivity index (χ1v) is 12.4. The Hall–Kier alpha value is -2.61. The number of carbonyl (C=O) groups is 2. The quantitative estimate of drug-likeness (QED) is 0.212. The maximum Gasteiger partial charge on any atom is 0.340 e. The molecule has 3 aromatic carbocycles. The van der Waals surface area contributed by atoms with Crippen molar-refractivity contribution in [1.29, 1.82) is 0 Å². The number of aryl methyl sites for hydroxylation is 1. The topological polar surface area (TPSA) is 64.6 Å². The van der Waals surface area contributed by atoms with Crippen LogP contribution in [0.1, 0.15) is 34.0 Å². The van der Waals surface area contributed by atoms with Gasteiger partial charge in [-0.25, -0.2) is 4.79 Å². The molecule has 0 aliphatic carbocycles. The fourth-order valence-corrected chi connectivity index (χ4v) is 3.97. The van der Waals surface area contributed by atoms with Gasteiger partial charge < -0.3 is 14.8 Å². The predicted molar refractivity (Wildman–Crippen MR) is 142 cm³/mol. The van der Waals surface area contributed by atoms with Crippen molar-refractivity contribution < 1.29 is 19.1 Å². The smallest absolute Gasteiger partial charge is 0.340 e. The number of esters is 1. The van der Waals surface area contributed by atoms with E-state index in [0.29, 0.717) is 22.0 Å². The van der Waals surface area contributed by atoms with Gasteiger partial charge in [-0.3, -0.25) is 4.79 Å². The third-order valence-electron chi connectivity index (χ3n) is 4.78. The maximum atomic E-state index is 12.7. The van der Waals surface area contributed by atoms with Crippen LogP contribution in [0.5, 0.6) is 5.75 Å². The molecule has 1 N–H and O–H groups in total. The minimum absolute atomic E-state index is 0.234. The molecule has 34 heavy (non-hydrogen) atoms. The standard InChI is InChI=1S/C26H22Br2ClNO4/c1-3-33-26(32)20-14-21(28)16(2)12-23(20)30-25(31)11-8-17-13-19(27)9-10-24(17)34-15-18-6-4-5-7-22(18)29/h4-14H,3,15H2,1-2H3,(H,30,31)/b11-8+. The summed E-state index contributed by atoms with van der Waals surface area (Å²) in [5, 5.41) is 3.39. The van der Waals surface area contributed by atoms with Gasteiger partial charge in [0.05, 0.1) is 17.9 Å². The summed E-state index contributed by atoms with van der Waals surface area (Å²) in [6.45, 7) is 4.12. The van der Waals surface area contributed by atoms with E-state index in [0.717, 1.165) is 20.1 Å². The number of rotatable bonds is 8. The van der Waals surface area contributed by atoms with Crippen LogP contribution < -0.4 is 10.1 Å². The monoisotopic (exact) mass is 605 g/mol. The Kier molecular flexibility index (Phi) is 9.33. The van der Waals surface area contributed by atoms with Crippen LogP contribution in [0.3, 0.4) is 0 Å². The summed E-state index contributed by atoms with van der Waals surface area (Å²) in [6, 6.07) is 16.3. The van der Waals surface area contributed by atoms with Crippen LogP contribution in [0.15, 0.2) is 69.6 Å². The first-order chi connectivity index (χ1) is 16.3. The van der Waals surface area contributed by atoms with Gasteiger partial charge in [0.1, 0.15) is 12.4 Å². The molecule has 0 fully saturated rings. The highest BCUT2D eigenvalue weighted by Gasteiger charge is 2.16. The molecule has 0 aliphatic heterocycles. The molecule has 0 heterocycles. The molecule has 0 radical (unpaired) electrons. The zero-order chi connectivity index (χ0) is 24.7. The summed E-state index contributed by atoms with van der Waals surface area (Å²) in [5.41, 5.74) is 3.08. The second-order valence-corrected chi connectivity index (χ2v) is 9.43. The van der Waals surface area contributed by atoms with E-state index in [9.17, 15) is 9.59 Å². The lowest BCUT2D eigenvalue weighted by Gasteiger charge is -2.12. The zero-order valence-corrected chi connectivity index (χ0v) is 22.5. The lowest BCUT2D eigenvalue weighted by atomic mass is 10.1. The molecule has 8 heteroatoms. The van der Waals surface area contributed by atoms with Crippen LogP contribution in [0.4, 0.5) is 5.69 Å². The highest BCUT2D eigenvalue weighted by atomic mass is 79.9. The van der Waals surface area contributed by atoms with Crippen LogP contribution in [0.2, 0.25) is 5.02 Å². The molecule has 5 nitrogen and oxygen atoms in total. The minimum atomic E-state index is -0.510. The van der Waals surface area contributed by atoms with Crippen molar-refractivity contribution in [3.63, 3.8) is 0 Å². The first-order valence-electron chi connectivity index (χ1n) is 10.4. The van der Waals surface area contributed by atoms with Gasteiger partial charge in [-0.05, 0) is 61.9 Å². The van der Waals surface area contributed by atoms with Gasteiger partial charge in [-0.15, -0.1) is 0 Å². The number of benzene rings is 3. The Morgan fingerprint density at radius 2 is 1.85 bits per heavy atom. The van der Waals surface area contributed by atoms with Crippen molar-refractivity contribution >= 4 is 67.1 Å². The number of carbonyl (C=O) groups excluding carboxylic acids is 2. The normalized spacial score (nSPS) is 10.9. The third kappa shape index (κ3) is 6.95. The van der Waals surface area contributed by atoms with Gasteiger partial charge in [-0.2, -0.15) is 0 Å². The SMILES string of the molecule is CCOC(=O)c1cc(Br)c(C)cc1NC(=O)/C=C/c1cc(Br)ccc1OCc1ccccc1Cl. The van der Waals surface area contributed by atoms with Gasteiger partial charge >= 0.3 is 5.97 Å². The number of amides is 1. The summed E-state index contributed by atoms with van der Waals surface area (Å²) in [6.07, 6.45) is 3.04. The number of anilines is 1. The van der Waals surface area contributed by atoms with E-state index in [1.165, 1.54) is 6.08 Å². The predicted octanol–water partition coefficient (Wildman–Crippen LogP) is 7.58. The average molecular weight is 608 g/mol. The van der Waals surface area contributed by atoms with E-state index in [1.807, 2.05) is 43.3 Å². The van der Waals surface area contributed by atoms with Crippen molar-refractivity contribution in [2.24, 2.45) is 0 Å². The molecule has 0 spiro atoms. The van der Waals surface area contributed by atoms with Crippen molar-refractivity contribution in [1.82, 2.24) is 0 Å². The Labute approximate surface area is 220 Å². The van der Waals surface area contributed by atoms with Crippen molar-refractivity contribution in [3.05, 3.63) is 96.9 Å². The van der Waals surface area contributed by atoms with Gasteiger partial charge in [-0.1, -0.05) is 61.7 Å².